The van der Waals surface area contributed by atoms with E-state index in [0.717, 1.165) is 6.54 Å². The molecule has 0 aliphatic carbocycles. The normalized spacial score (nSPS) is 30.6. The summed E-state index contributed by atoms with van der Waals surface area (Å²) < 4.78 is 0. The Morgan fingerprint density at radius 1 is 1.21 bits per heavy atom. The van der Waals surface area contributed by atoms with Crippen LogP contribution in [0.1, 0.15) is 12.0 Å². The molecule has 2 aliphatic rings. The first-order valence-electron chi connectivity index (χ1n) is 5.02. The lowest BCUT2D eigenvalue weighted by Gasteiger charge is -2.34. The van der Waals surface area contributed by atoms with Crippen LogP contribution in [0.3, 0.4) is 0 Å². The fourth-order valence-electron chi connectivity index (χ4n) is 2.23. The molecule has 3 heteroatoms. The van der Waals surface area contributed by atoms with E-state index in [-0.39, 0.29) is 4.87 Å². The van der Waals surface area contributed by atoms with Gasteiger partial charge in [0.1, 0.15) is 0 Å². The molecule has 74 valence electrons. The Hall–Kier alpha value is -0.120. The van der Waals surface area contributed by atoms with Gasteiger partial charge in [-0.3, -0.25) is 5.32 Å². The van der Waals surface area contributed by atoms with Crippen LogP contribution < -0.4 is 5.32 Å². The summed E-state index contributed by atoms with van der Waals surface area (Å²) in [4.78, 5) is 1.72. The van der Waals surface area contributed by atoms with Gasteiger partial charge in [0.25, 0.3) is 0 Å². The first-order chi connectivity index (χ1) is 6.91. The van der Waals surface area contributed by atoms with Crippen LogP contribution in [0.2, 0.25) is 0 Å². The predicted octanol–water partition coefficient (Wildman–Crippen LogP) is 2.67. The highest BCUT2D eigenvalue weighted by atomic mass is 32.2. The Kier molecular flexibility index (Phi) is 2.26. The molecule has 1 unspecified atom stereocenters. The number of thioether (sulfide) groups is 2. The molecule has 1 saturated heterocycles. The molecule has 3 rings (SSSR count). The van der Waals surface area contributed by atoms with Crippen molar-refractivity contribution in [3.8, 4) is 0 Å². The minimum Gasteiger partial charge on any atom is -0.298 e. The third-order valence-corrected chi connectivity index (χ3v) is 5.44. The highest BCUT2D eigenvalue weighted by molar-refractivity contribution is 8.01. The Balaban J connectivity index is 2.10. The maximum Gasteiger partial charge on any atom is 0.0920 e. The van der Waals surface area contributed by atoms with E-state index in [1.807, 2.05) is 11.8 Å². The third kappa shape index (κ3) is 1.30. The molecule has 1 aromatic carbocycles. The average molecular weight is 223 g/mol. The van der Waals surface area contributed by atoms with Gasteiger partial charge in [-0.05, 0) is 18.1 Å². The molecule has 0 saturated carbocycles. The number of hydrogen-bond acceptors (Lipinski definition) is 3. The summed E-state index contributed by atoms with van der Waals surface area (Å²) in [7, 11) is 0. The van der Waals surface area contributed by atoms with Crippen molar-refractivity contribution < 1.29 is 0 Å². The Morgan fingerprint density at radius 3 is 3.00 bits per heavy atom. The number of benzene rings is 1. The highest BCUT2D eigenvalue weighted by Gasteiger charge is 2.39. The van der Waals surface area contributed by atoms with Gasteiger partial charge in [0.2, 0.25) is 0 Å². The number of hydrogen-bond donors (Lipinski definition) is 1. The fraction of sp³-hybridized carbons (Fsp3) is 0.455. The second kappa shape index (κ2) is 3.47. The van der Waals surface area contributed by atoms with Crippen LogP contribution in [0.5, 0.6) is 0 Å². The van der Waals surface area contributed by atoms with Crippen molar-refractivity contribution in [2.45, 2.75) is 16.2 Å². The standard InChI is InChI=1S/C11H13NS2/c1-2-4-10-9(3-1)11(5-7-13-10)12-6-8-14-11/h1-4,12H,5-8H2. The summed E-state index contributed by atoms with van der Waals surface area (Å²) in [5, 5.41) is 3.68. The molecule has 1 aromatic rings. The molecule has 1 fully saturated rings. The van der Waals surface area contributed by atoms with E-state index in [2.05, 4.69) is 41.3 Å². The van der Waals surface area contributed by atoms with Crippen molar-refractivity contribution in [3.05, 3.63) is 29.8 Å². The van der Waals surface area contributed by atoms with E-state index >= 15 is 0 Å². The van der Waals surface area contributed by atoms with Crippen molar-refractivity contribution in [2.75, 3.05) is 18.1 Å². The van der Waals surface area contributed by atoms with Gasteiger partial charge in [-0.2, -0.15) is 0 Å². The quantitative estimate of drug-likeness (QED) is 0.726. The van der Waals surface area contributed by atoms with Crippen LogP contribution in [0, 0.1) is 0 Å². The van der Waals surface area contributed by atoms with E-state index in [9.17, 15) is 0 Å². The molecule has 1 N–H and O–H groups in total. The zero-order valence-corrected chi connectivity index (χ0v) is 9.59. The Bertz CT molecular complexity index is 345. The molecule has 2 aliphatic heterocycles. The van der Waals surface area contributed by atoms with E-state index < -0.39 is 0 Å². The summed E-state index contributed by atoms with van der Waals surface area (Å²) in [6.07, 6.45) is 1.26. The minimum absolute atomic E-state index is 0.252. The number of nitrogens with one attached hydrogen (secondary N) is 1. The second-order valence-corrected chi connectivity index (χ2v) is 6.23. The Labute approximate surface area is 93.0 Å². The SMILES string of the molecule is c1ccc2c(c1)SCCC21NCCS1. The number of rotatable bonds is 0. The van der Waals surface area contributed by atoms with Gasteiger partial charge in [-0.15, -0.1) is 23.5 Å². The molecule has 1 spiro atoms. The van der Waals surface area contributed by atoms with Gasteiger partial charge in [0, 0.05) is 22.9 Å². The monoisotopic (exact) mass is 223 g/mol. The lowest BCUT2D eigenvalue weighted by molar-refractivity contribution is 0.499. The van der Waals surface area contributed by atoms with Crippen molar-refractivity contribution in [2.24, 2.45) is 0 Å². The third-order valence-electron chi connectivity index (χ3n) is 2.89. The first kappa shape index (κ1) is 9.13. The summed E-state index contributed by atoms with van der Waals surface area (Å²) in [5.74, 6) is 2.50. The highest BCUT2D eigenvalue weighted by Crippen LogP contribution is 2.48. The van der Waals surface area contributed by atoms with Gasteiger partial charge in [-0.1, -0.05) is 18.2 Å². The molecular formula is C11H13NS2. The lowest BCUT2D eigenvalue weighted by Crippen LogP contribution is -2.37. The molecule has 2 heterocycles. The van der Waals surface area contributed by atoms with Crippen LogP contribution in [0.25, 0.3) is 0 Å². The van der Waals surface area contributed by atoms with E-state index in [1.54, 1.807) is 0 Å². The molecule has 0 bridgehead atoms. The Morgan fingerprint density at radius 2 is 2.14 bits per heavy atom. The summed E-state index contributed by atoms with van der Waals surface area (Å²) in [5.41, 5.74) is 1.51. The van der Waals surface area contributed by atoms with E-state index in [0.29, 0.717) is 0 Å². The fourth-order valence-corrected chi connectivity index (χ4v) is 4.96. The van der Waals surface area contributed by atoms with Crippen LogP contribution >= 0.6 is 23.5 Å². The van der Waals surface area contributed by atoms with Crippen molar-refractivity contribution >= 4 is 23.5 Å². The van der Waals surface area contributed by atoms with Gasteiger partial charge in [0.15, 0.2) is 0 Å². The summed E-state index contributed by atoms with van der Waals surface area (Å²) in [6.45, 7) is 1.16. The van der Waals surface area contributed by atoms with E-state index in [1.165, 1.54) is 28.4 Å². The minimum atomic E-state index is 0.252. The molecule has 0 radical (unpaired) electrons. The van der Waals surface area contributed by atoms with E-state index in [4.69, 9.17) is 0 Å². The smallest absolute Gasteiger partial charge is 0.0920 e. The molecule has 1 nitrogen and oxygen atoms in total. The predicted molar refractivity (Wildman–Crippen MR) is 63.9 cm³/mol. The molecular weight excluding hydrogens is 210 g/mol. The van der Waals surface area contributed by atoms with Crippen LogP contribution in [-0.2, 0) is 4.87 Å². The summed E-state index contributed by atoms with van der Waals surface area (Å²) >= 11 is 4.08. The molecule has 14 heavy (non-hydrogen) atoms. The largest absolute Gasteiger partial charge is 0.298 e. The van der Waals surface area contributed by atoms with Crippen molar-refractivity contribution in [3.63, 3.8) is 0 Å². The van der Waals surface area contributed by atoms with Gasteiger partial charge in [-0.25, -0.2) is 0 Å². The molecule has 1 atom stereocenters. The molecule has 0 aromatic heterocycles. The average Bonchev–Trinajstić information content (AvgIpc) is 2.68. The van der Waals surface area contributed by atoms with Crippen LogP contribution in [0.15, 0.2) is 29.2 Å². The zero-order valence-electron chi connectivity index (χ0n) is 7.95. The topological polar surface area (TPSA) is 12.0 Å². The zero-order chi connectivity index (χ0) is 9.43. The van der Waals surface area contributed by atoms with Gasteiger partial charge >= 0.3 is 0 Å². The maximum atomic E-state index is 3.68. The van der Waals surface area contributed by atoms with Crippen LogP contribution in [0.4, 0.5) is 0 Å². The number of fused-ring (bicyclic) bond motifs is 2. The molecule has 0 amide bonds. The van der Waals surface area contributed by atoms with Crippen molar-refractivity contribution in [1.29, 1.82) is 0 Å². The summed E-state index contributed by atoms with van der Waals surface area (Å²) in [6, 6.07) is 8.84. The second-order valence-electron chi connectivity index (χ2n) is 3.70. The van der Waals surface area contributed by atoms with Crippen LogP contribution in [-0.4, -0.2) is 18.1 Å². The van der Waals surface area contributed by atoms with Gasteiger partial charge < -0.3 is 0 Å². The van der Waals surface area contributed by atoms with Crippen molar-refractivity contribution in [1.82, 2.24) is 5.32 Å². The first-order valence-corrected chi connectivity index (χ1v) is 6.99. The lowest BCUT2D eigenvalue weighted by atomic mass is 10.0. The maximum absolute atomic E-state index is 3.68. The van der Waals surface area contributed by atoms with Gasteiger partial charge in [0.05, 0.1) is 4.87 Å².